The Morgan fingerprint density at radius 3 is 2.79 bits per heavy atom. The number of benzene rings is 1. The third-order valence-electron chi connectivity index (χ3n) is 2.71. The van der Waals surface area contributed by atoms with E-state index in [1.165, 1.54) is 6.08 Å². The first-order valence-electron chi connectivity index (χ1n) is 5.85. The van der Waals surface area contributed by atoms with Gasteiger partial charge in [-0.25, -0.2) is 0 Å². The van der Waals surface area contributed by atoms with Gasteiger partial charge in [0.1, 0.15) is 5.76 Å². The summed E-state index contributed by atoms with van der Waals surface area (Å²) in [6.07, 6.45) is 4.66. The van der Waals surface area contributed by atoms with Crippen LogP contribution in [0.25, 0.3) is 6.08 Å². The summed E-state index contributed by atoms with van der Waals surface area (Å²) in [5, 5.41) is 2.85. The Labute approximate surface area is 120 Å². The Kier molecular flexibility index (Phi) is 4.22. The van der Waals surface area contributed by atoms with E-state index in [1.54, 1.807) is 24.5 Å². The predicted molar refractivity (Wildman–Crippen MR) is 80.0 cm³/mol. The quantitative estimate of drug-likeness (QED) is 0.856. The summed E-state index contributed by atoms with van der Waals surface area (Å²) in [5.41, 5.74) is 2.91. The van der Waals surface area contributed by atoms with Crippen molar-refractivity contribution in [2.24, 2.45) is 0 Å². The molecule has 0 atom stereocenters. The molecule has 1 N–H and O–H groups in total. The van der Waals surface area contributed by atoms with Gasteiger partial charge < -0.3 is 9.73 Å². The van der Waals surface area contributed by atoms with Crippen molar-refractivity contribution in [3.8, 4) is 0 Å². The summed E-state index contributed by atoms with van der Waals surface area (Å²) < 4.78 is 6.16. The van der Waals surface area contributed by atoms with Gasteiger partial charge in [-0.1, -0.05) is 15.9 Å². The van der Waals surface area contributed by atoms with Crippen LogP contribution in [0.1, 0.15) is 16.9 Å². The highest BCUT2D eigenvalue weighted by atomic mass is 79.9. The molecule has 4 heteroatoms. The van der Waals surface area contributed by atoms with Crippen molar-refractivity contribution in [2.75, 3.05) is 5.32 Å². The fourth-order valence-corrected chi connectivity index (χ4v) is 2.09. The molecule has 0 unspecified atom stereocenters. The van der Waals surface area contributed by atoms with Crippen LogP contribution >= 0.6 is 15.9 Å². The maximum atomic E-state index is 11.8. The molecule has 0 saturated heterocycles. The van der Waals surface area contributed by atoms with E-state index in [0.29, 0.717) is 5.76 Å². The normalized spacial score (nSPS) is 10.9. The van der Waals surface area contributed by atoms with E-state index in [-0.39, 0.29) is 5.91 Å². The molecule has 0 fully saturated rings. The SMILES string of the molecule is Cc1cc(NC(=O)C=Cc2ccco2)c(C)cc1Br. The Bertz CT molecular complexity index is 615. The minimum Gasteiger partial charge on any atom is -0.465 e. The first kappa shape index (κ1) is 13.6. The Balaban J connectivity index is 2.09. The molecule has 1 heterocycles. The zero-order valence-corrected chi connectivity index (χ0v) is 12.3. The van der Waals surface area contributed by atoms with Gasteiger partial charge >= 0.3 is 0 Å². The van der Waals surface area contributed by atoms with Crippen LogP contribution in [0.15, 0.2) is 45.5 Å². The topological polar surface area (TPSA) is 42.2 Å². The first-order chi connectivity index (χ1) is 9.06. The van der Waals surface area contributed by atoms with Crippen LogP contribution in [0.2, 0.25) is 0 Å². The summed E-state index contributed by atoms with van der Waals surface area (Å²) in [7, 11) is 0. The van der Waals surface area contributed by atoms with Gasteiger partial charge in [0.15, 0.2) is 0 Å². The predicted octanol–water partition coefficient (Wildman–Crippen LogP) is 4.31. The van der Waals surface area contributed by atoms with Crippen LogP contribution in [-0.2, 0) is 4.79 Å². The lowest BCUT2D eigenvalue weighted by Gasteiger charge is -2.09. The van der Waals surface area contributed by atoms with Crippen molar-refractivity contribution in [2.45, 2.75) is 13.8 Å². The number of furan rings is 1. The number of anilines is 1. The average Bonchev–Trinajstić information content (AvgIpc) is 2.86. The first-order valence-corrected chi connectivity index (χ1v) is 6.65. The zero-order valence-electron chi connectivity index (χ0n) is 10.7. The third-order valence-corrected chi connectivity index (χ3v) is 3.56. The lowest BCUT2D eigenvalue weighted by atomic mass is 10.1. The largest absolute Gasteiger partial charge is 0.465 e. The highest BCUT2D eigenvalue weighted by molar-refractivity contribution is 9.10. The van der Waals surface area contributed by atoms with Crippen molar-refractivity contribution in [1.29, 1.82) is 0 Å². The summed E-state index contributed by atoms with van der Waals surface area (Å²) >= 11 is 3.46. The highest BCUT2D eigenvalue weighted by Crippen LogP contribution is 2.24. The average molecular weight is 320 g/mol. The summed E-state index contributed by atoms with van der Waals surface area (Å²) in [6.45, 7) is 3.94. The van der Waals surface area contributed by atoms with Gasteiger partial charge in [-0.3, -0.25) is 4.79 Å². The van der Waals surface area contributed by atoms with Crippen molar-refractivity contribution < 1.29 is 9.21 Å². The molecule has 1 aromatic heterocycles. The molecule has 0 aliphatic carbocycles. The maximum Gasteiger partial charge on any atom is 0.248 e. The van der Waals surface area contributed by atoms with E-state index in [4.69, 9.17) is 4.42 Å². The van der Waals surface area contributed by atoms with Crippen molar-refractivity contribution in [1.82, 2.24) is 0 Å². The molecule has 3 nitrogen and oxygen atoms in total. The molecule has 2 aromatic rings. The second-order valence-electron chi connectivity index (χ2n) is 4.25. The Morgan fingerprint density at radius 1 is 1.32 bits per heavy atom. The lowest BCUT2D eigenvalue weighted by molar-refractivity contribution is -0.111. The standard InChI is InChI=1S/C15H14BrNO2/c1-10-9-14(11(2)8-13(10)16)17-15(18)6-5-12-4-3-7-19-12/h3-9H,1-2H3,(H,17,18). The van der Waals surface area contributed by atoms with Gasteiger partial charge in [-0.2, -0.15) is 0 Å². The van der Waals surface area contributed by atoms with Crippen LogP contribution in [0.5, 0.6) is 0 Å². The van der Waals surface area contributed by atoms with Crippen LogP contribution in [-0.4, -0.2) is 5.91 Å². The smallest absolute Gasteiger partial charge is 0.248 e. The number of halogens is 1. The molecular formula is C15H14BrNO2. The van der Waals surface area contributed by atoms with Gasteiger partial charge in [0, 0.05) is 16.2 Å². The minimum absolute atomic E-state index is 0.179. The molecule has 0 saturated carbocycles. The number of hydrogen-bond donors (Lipinski definition) is 1. The molecule has 0 aliphatic heterocycles. The third kappa shape index (κ3) is 3.58. The van der Waals surface area contributed by atoms with Crippen molar-refractivity contribution in [3.63, 3.8) is 0 Å². The molecule has 98 valence electrons. The van der Waals surface area contributed by atoms with Gasteiger partial charge in [0.25, 0.3) is 0 Å². The lowest BCUT2D eigenvalue weighted by Crippen LogP contribution is -2.09. The summed E-state index contributed by atoms with van der Waals surface area (Å²) in [5.74, 6) is 0.472. The fourth-order valence-electron chi connectivity index (χ4n) is 1.63. The number of aryl methyl sites for hydroxylation is 2. The van der Waals surface area contributed by atoms with Gasteiger partial charge in [0.2, 0.25) is 5.91 Å². The molecular weight excluding hydrogens is 306 g/mol. The fraction of sp³-hybridized carbons (Fsp3) is 0.133. The number of amides is 1. The zero-order chi connectivity index (χ0) is 13.8. The van der Waals surface area contributed by atoms with Crippen LogP contribution in [0.4, 0.5) is 5.69 Å². The van der Waals surface area contributed by atoms with Gasteiger partial charge in [-0.05, 0) is 55.3 Å². The molecule has 19 heavy (non-hydrogen) atoms. The van der Waals surface area contributed by atoms with Gasteiger partial charge in [-0.15, -0.1) is 0 Å². The van der Waals surface area contributed by atoms with Crippen LogP contribution < -0.4 is 5.32 Å². The van der Waals surface area contributed by atoms with E-state index >= 15 is 0 Å². The summed E-state index contributed by atoms with van der Waals surface area (Å²) in [6, 6.07) is 7.50. The second-order valence-corrected chi connectivity index (χ2v) is 5.11. The molecule has 0 spiro atoms. The Morgan fingerprint density at radius 2 is 2.11 bits per heavy atom. The summed E-state index contributed by atoms with van der Waals surface area (Å²) in [4.78, 5) is 11.8. The van der Waals surface area contributed by atoms with E-state index in [2.05, 4.69) is 21.2 Å². The van der Waals surface area contributed by atoms with E-state index < -0.39 is 0 Å². The molecule has 0 radical (unpaired) electrons. The van der Waals surface area contributed by atoms with Crippen LogP contribution in [0.3, 0.4) is 0 Å². The monoisotopic (exact) mass is 319 g/mol. The molecule has 0 bridgehead atoms. The maximum absolute atomic E-state index is 11.8. The van der Waals surface area contributed by atoms with E-state index in [0.717, 1.165) is 21.3 Å². The molecule has 1 aromatic carbocycles. The van der Waals surface area contributed by atoms with Crippen molar-refractivity contribution in [3.05, 3.63) is 58.0 Å². The molecule has 0 aliphatic rings. The molecule has 2 rings (SSSR count). The number of carbonyl (C=O) groups excluding carboxylic acids is 1. The highest BCUT2D eigenvalue weighted by Gasteiger charge is 2.05. The number of nitrogens with one attached hydrogen (secondary N) is 1. The minimum atomic E-state index is -0.179. The number of hydrogen-bond acceptors (Lipinski definition) is 2. The van der Waals surface area contributed by atoms with Crippen LogP contribution in [0, 0.1) is 13.8 Å². The second kappa shape index (κ2) is 5.89. The number of rotatable bonds is 3. The molecule has 1 amide bonds. The number of carbonyl (C=O) groups is 1. The van der Waals surface area contributed by atoms with Gasteiger partial charge in [0.05, 0.1) is 6.26 Å². The van der Waals surface area contributed by atoms with E-state index in [9.17, 15) is 4.79 Å². The van der Waals surface area contributed by atoms with Crippen molar-refractivity contribution >= 4 is 33.6 Å². The Hall–Kier alpha value is -1.81. The van der Waals surface area contributed by atoms with E-state index in [1.807, 2.05) is 26.0 Å².